The monoisotopic (exact) mass is 438 g/mol. The summed E-state index contributed by atoms with van der Waals surface area (Å²) in [4.78, 5) is 25.7. The molecule has 3 heterocycles. The number of piperazine rings is 1. The summed E-state index contributed by atoms with van der Waals surface area (Å²) >= 11 is 7.28. The minimum atomic E-state index is -0.0850. The van der Waals surface area contributed by atoms with Gasteiger partial charge in [-0.15, -0.1) is 0 Å². The van der Waals surface area contributed by atoms with E-state index in [1.165, 1.54) is 11.3 Å². The van der Waals surface area contributed by atoms with Gasteiger partial charge in [-0.3, -0.25) is 9.69 Å². The zero-order valence-electron chi connectivity index (χ0n) is 16.1. The number of benzene rings is 1. The molecule has 0 bridgehead atoms. The summed E-state index contributed by atoms with van der Waals surface area (Å²) in [5, 5.41) is 13.1. The summed E-state index contributed by atoms with van der Waals surface area (Å²) in [5.74, 6) is 0.638. The zero-order valence-corrected chi connectivity index (χ0v) is 17.7. The maximum absolute atomic E-state index is 12.8. The van der Waals surface area contributed by atoms with E-state index in [-0.39, 0.29) is 5.91 Å². The highest BCUT2D eigenvalue weighted by Gasteiger charge is 2.24. The Bertz CT molecular complexity index is 1090. The fraction of sp³-hybridized carbons (Fsp3) is 0.238. The number of hydrogen-bond donors (Lipinski definition) is 1. The number of halogens is 1. The average molecular weight is 439 g/mol. The third-order valence-corrected chi connectivity index (χ3v) is 5.87. The summed E-state index contributed by atoms with van der Waals surface area (Å²) in [5.41, 5.74) is 1.83. The third-order valence-electron chi connectivity index (χ3n) is 4.84. The van der Waals surface area contributed by atoms with Gasteiger partial charge in [0.05, 0.1) is 29.1 Å². The van der Waals surface area contributed by atoms with Crippen LogP contribution < -0.4 is 5.32 Å². The number of anilines is 2. The maximum Gasteiger partial charge on any atom is 0.255 e. The number of hydrogen-bond acceptors (Lipinski definition) is 7. The molecular formula is C21H19ClN6OS. The van der Waals surface area contributed by atoms with E-state index in [1.54, 1.807) is 30.5 Å². The molecule has 0 unspecified atom stereocenters. The van der Waals surface area contributed by atoms with Gasteiger partial charge in [0.2, 0.25) is 0 Å². The molecular weight excluding hydrogens is 420 g/mol. The smallest absolute Gasteiger partial charge is 0.255 e. The fourth-order valence-electron chi connectivity index (χ4n) is 3.33. The standard InChI is InChI=1S/C21H19ClN6OS/c22-18-13-24-21(30-18)26-19-7-3-5-16(25-19)14-27-8-10-28(11-9-27)20(29)17-6-2-1-4-15(17)12-23/h1-7,13H,8-11,14H2,(H,24,25,26). The Morgan fingerprint density at radius 1 is 1.17 bits per heavy atom. The molecule has 7 nitrogen and oxygen atoms in total. The molecule has 2 aromatic heterocycles. The minimum Gasteiger partial charge on any atom is -0.336 e. The van der Waals surface area contributed by atoms with Gasteiger partial charge < -0.3 is 10.2 Å². The number of thiazole rings is 1. The number of aromatic nitrogens is 2. The van der Waals surface area contributed by atoms with E-state index in [2.05, 4.69) is 26.3 Å². The Morgan fingerprint density at radius 2 is 1.97 bits per heavy atom. The second-order valence-corrected chi connectivity index (χ2v) is 8.50. The van der Waals surface area contributed by atoms with Gasteiger partial charge in [-0.05, 0) is 24.3 Å². The lowest BCUT2D eigenvalue weighted by Gasteiger charge is -2.34. The van der Waals surface area contributed by atoms with Crippen LogP contribution in [0.4, 0.5) is 10.9 Å². The van der Waals surface area contributed by atoms with E-state index in [0.717, 1.165) is 24.6 Å². The van der Waals surface area contributed by atoms with Gasteiger partial charge in [-0.2, -0.15) is 5.26 Å². The molecule has 1 aliphatic heterocycles. The van der Waals surface area contributed by atoms with Crippen LogP contribution in [0.25, 0.3) is 0 Å². The van der Waals surface area contributed by atoms with Crippen molar-refractivity contribution >= 4 is 39.8 Å². The lowest BCUT2D eigenvalue weighted by atomic mass is 10.1. The summed E-state index contributed by atoms with van der Waals surface area (Å²) in [6.07, 6.45) is 1.61. The van der Waals surface area contributed by atoms with Crippen LogP contribution in [0.15, 0.2) is 48.7 Å². The van der Waals surface area contributed by atoms with E-state index in [9.17, 15) is 10.1 Å². The van der Waals surface area contributed by atoms with Gasteiger partial charge in [0.15, 0.2) is 5.13 Å². The normalized spacial score (nSPS) is 14.3. The van der Waals surface area contributed by atoms with Crippen molar-refractivity contribution in [2.45, 2.75) is 6.54 Å². The second-order valence-electron chi connectivity index (χ2n) is 6.83. The molecule has 3 aromatic rings. The molecule has 0 aliphatic carbocycles. The van der Waals surface area contributed by atoms with E-state index in [1.807, 2.05) is 23.1 Å². The van der Waals surface area contributed by atoms with Crippen LogP contribution in [-0.4, -0.2) is 51.9 Å². The molecule has 0 atom stereocenters. The van der Waals surface area contributed by atoms with Gasteiger partial charge in [0.25, 0.3) is 5.91 Å². The highest BCUT2D eigenvalue weighted by atomic mass is 35.5. The second kappa shape index (κ2) is 9.22. The number of pyridine rings is 1. The number of nitrogens with one attached hydrogen (secondary N) is 1. The van der Waals surface area contributed by atoms with Gasteiger partial charge in [-0.25, -0.2) is 9.97 Å². The Hall–Kier alpha value is -2.99. The molecule has 0 radical (unpaired) electrons. The van der Waals surface area contributed by atoms with Crippen molar-refractivity contribution < 1.29 is 4.79 Å². The van der Waals surface area contributed by atoms with Crippen molar-refractivity contribution in [2.75, 3.05) is 31.5 Å². The van der Waals surface area contributed by atoms with Crippen LogP contribution in [-0.2, 0) is 6.54 Å². The molecule has 4 rings (SSSR count). The highest BCUT2D eigenvalue weighted by Crippen LogP contribution is 2.25. The van der Waals surface area contributed by atoms with Crippen molar-refractivity contribution in [1.29, 1.82) is 5.26 Å². The van der Waals surface area contributed by atoms with Crippen LogP contribution in [0.1, 0.15) is 21.6 Å². The van der Waals surface area contributed by atoms with Crippen molar-refractivity contribution in [3.8, 4) is 6.07 Å². The van der Waals surface area contributed by atoms with Crippen molar-refractivity contribution in [1.82, 2.24) is 19.8 Å². The molecule has 1 saturated heterocycles. The van der Waals surface area contributed by atoms with Gasteiger partial charge in [0.1, 0.15) is 10.2 Å². The van der Waals surface area contributed by atoms with Crippen molar-refractivity contribution in [3.63, 3.8) is 0 Å². The lowest BCUT2D eigenvalue weighted by Crippen LogP contribution is -2.48. The third kappa shape index (κ3) is 4.76. The average Bonchev–Trinajstić information content (AvgIpc) is 3.18. The molecule has 1 fully saturated rings. The highest BCUT2D eigenvalue weighted by molar-refractivity contribution is 7.19. The van der Waals surface area contributed by atoms with Gasteiger partial charge in [-0.1, -0.05) is 41.1 Å². The van der Waals surface area contributed by atoms with Crippen LogP contribution in [0, 0.1) is 11.3 Å². The number of nitrogens with zero attached hydrogens (tertiary/aromatic N) is 5. The van der Waals surface area contributed by atoms with E-state index < -0.39 is 0 Å². The largest absolute Gasteiger partial charge is 0.336 e. The maximum atomic E-state index is 12.8. The van der Waals surface area contributed by atoms with Crippen LogP contribution in [0.2, 0.25) is 4.34 Å². The number of carbonyl (C=O) groups excluding carboxylic acids is 1. The Balaban J connectivity index is 1.34. The summed E-state index contributed by atoms with van der Waals surface area (Å²) in [7, 11) is 0. The number of amides is 1. The quantitative estimate of drug-likeness (QED) is 0.652. The van der Waals surface area contributed by atoms with Gasteiger partial charge >= 0.3 is 0 Å². The summed E-state index contributed by atoms with van der Waals surface area (Å²) in [6, 6.07) is 14.9. The van der Waals surface area contributed by atoms with Crippen LogP contribution in [0.3, 0.4) is 0 Å². The number of nitriles is 1. The molecule has 1 N–H and O–H groups in total. The SMILES string of the molecule is N#Cc1ccccc1C(=O)N1CCN(Cc2cccc(Nc3ncc(Cl)s3)n2)CC1. The van der Waals surface area contributed by atoms with E-state index in [0.29, 0.717) is 40.2 Å². The first-order valence-corrected chi connectivity index (χ1v) is 10.7. The summed E-state index contributed by atoms with van der Waals surface area (Å²) < 4.78 is 0.624. The first-order valence-electron chi connectivity index (χ1n) is 9.47. The molecule has 1 amide bonds. The predicted octanol–water partition coefficient (Wildman–Crippen LogP) is 3.76. The molecule has 9 heteroatoms. The van der Waals surface area contributed by atoms with Gasteiger partial charge in [0, 0.05) is 32.7 Å². The van der Waals surface area contributed by atoms with E-state index in [4.69, 9.17) is 11.6 Å². The fourth-order valence-corrected chi connectivity index (χ4v) is 4.15. The van der Waals surface area contributed by atoms with Crippen LogP contribution in [0.5, 0.6) is 0 Å². The topological polar surface area (TPSA) is 85.2 Å². The van der Waals surface area contributed by atoms with Crippen molar-refractivity contribution in [3.05, 3.63) is 69.8 Å². The molecule has 30 heavy (non-hydrogen) atoms. The number of carbonyl (C=O) groups is 1. The Labute approximate surface area is 183 Å². The first-order chi connectivity index (χ1) is 14.6. The number of rotatable bonds is 5. The first kappa shape index (κ1) is 20.3. The minimum absolute atomic E-state index is 0.0850. The van der Waals surface area contributed by atoms with Crippen molar-refractivity contribution in [2.24, 2.45) is 0 Å². The molecule has 152 valence electrons. The van der Waals surface area contributed by atoms with E-state index >= 15 is 0 Å². The molecule has 0 spiro atoms. The summed E-state index contributed by atoms with van der Waals surface area (Å²) in [6.45, 7) is 3.44. The molecule has 1 aliphatic rings. The Kier molecular flexibility index (Phi) is 6.23. The Morgan fingerprint density at radius 3 is 2.70 bits per heavy atom. The van der Waals surface area contributed by atoms with Crippen LogP contribution >= 0.6 is 22.9 Å². The zero-order chi connectivity index (χ0) is 20.9. The lowest BCUT2D eigenvalue weighted by molar-refractivity contribution is 0.0627. The predicted molar refractivity (Wildman–Crippen MR) is 117 cm³/mol. The molecule has 1 aromatic carbocycles. The molecule has 0 saturated carbocycles.